The third kappa shape index (κ3) is 2.48. The van der Waals surface area contributed by atoms with Crippen LogP contribution in [0.3, 0.4) is 0 Å². The normalized spacial score (nSPS) is 24.4. The summed E-state index contributed by atoms with van der Waals surface area (Å²) in [6, 6.07) is 6.11. The smallest absolute Gasteiger partial charge is 0.256 e. The number of aryl methyl sites for hydroxylation is 2. The molecule has 1 aromatic carbocycles. The van der Waals surface area contributed by atoms with E-state index in [1.165, 1.54) is 11.1 Å². The van der Waals surface area contributed by atoms with E-state index in [2.05, 4.69) is 42.5 Å². The SMILES string of the molecule is CCCN=C1NC(=O)C(C)(c2ccc(C)c(C)c2)N1. The van der Waals surface area contributed by atoms with Crippen LogP contribution in [0.4, 0.5) is 0 Å². The Bertz CT molecular complexity index is 536. The fourth-order valence-corrected chi connectivity index (χ4v) is 2.12. The van der Waals surface area contributed by atoms with Crippen molar-refractivity contribution in [2.45, 2.75) is 39.7 Å². The van der Waals surface area contributed by atoms with Crippen LogP contribution in [-0.4, -0.2) is 18.4 Å². The van der Waals surface area contributed by atoms with Crippen LogP contribution >= 0.6 is 0 Å². The molecule has 1 fully saturated rings. The van der Waals surface area contributed by atoms with Gasteiger partial charge in [0.25, 0.3) is 5.91 Å². The lowest BCUT2D eigenvalue weighted by molar-refractivity contribution is -0.123. The molecule has 1 atom stereocenters. The van der Waals surface area contributed by atoms with Gasteiger partial charge in [-0.3, -0.25) is 15.1 Å². The van der Waals surface area contributed by atoms with Gasteiger partial charge < -0.3 is 5.32 Å². The highest BCUT2D eigenvalue weighted by Crippen LogP contribution is 2.26. The van der Waals surface area contributed by atoms with Crippen LogP contribution in [0.2, 0.25) is 0 Å². The molecule has 102 valence electrons. The lowest BCUT2D eigenvalue weighted by Gasteiger charge is -2.22. The van der Waals surface area contributed by atoms with E-state index in [-0.39, 0.29) is 5.91 Å². The number of nitrogens with one attached hydrogen (secondary N) is 2. The number of amides is 1. The molecule has 0 saturated carbocycles. The average Bonchev–Trinajstić information content (AvgIpc) is 2.67. The summed E-state index contributed by atoms with van der Waals surface area (Å²) in [5.74, 6) is 0.526. The molecular weight excluding hydrogens is 238 g/mol. The van der Waals surface area contributed by atoms with Crippen molar-refractivity contribution >= 4 is 11.9 Å². The monoisotopic (exact) mass is 259 g/mol. The van der Waals surface area contributed by atoms with Crippen LogP contribution in [0.15, 0.2) is 23.2 Å². The molecule has 4 nitrogen and oxygen atoms in total. The predicted molar refractivity (Wildman–Crippen MR) is 77.1 cm³/mol. The number of nitrogens with zero attached hydrogens (tertiary/aromatic N) is 1. The van der Waals surface area contributed by atoms with Crippen molar-refractivity contribution in [3.8, 4) is 0 Å². The zero-order valence-corrected chi connectivity index (χ0v) is 12.0. The van der Waals surface area contributed by atoms with Crippen molar-refractivity contribution < 1.29 is 4.79 Å². The molecule has 0 aliphatic carbocycles. The molecule has 2 N–H and O–H groups in total. The minimum absolute atomic E-state index is 0.0504. The van der Waals surface area contributed by atoms with E-state index in [4.69, 9.17) is 0 Å². The molecule has 2 rings (SSSR count). The summed E-state index contributed by atoms with van der Waals surface area (Å²) in [5.41, 5.74) is 2.65. The first kappa shape index (κ1) is 13.6. The second-order valence-corrected chi connectivity index (χ2v) is 5.23. The van der Waals surface area contributed by atoms with E-state index < -0.39 is 5.54 Å². The summed E-state index contributed by atoms with van der Waals surface area (Å²) in [6.07, 6.45) is 0.960. The van der Waals surface area contributed by atoms with Gasteiger partial charge in [-0.25, -0.2) is 0 Å². The van der Waals surface area contributed by atoms with Gasteiger partial charge in [-0.2, -0.15) is 0 Å². The number of carbonyl (C=O) groups is 1. The van der Waals surface area contributed by atoms with Crippen LogP contribution in [0.25, 0.3) is 0 Å². The Kier molecular flexibility index (Phi) is 3.60. The van der Waals surface area contributed by atoms with Crippen LogP contribution in [-0.2, 0) is 10.3 Å². The largest absolute Gasteiger partial charge is 0.338 e. The predicted octanol–water partition coefficient (Wildman–Crippen LogP) is 2.00. The van der Waals surface area contributed by atoms with Gasteiger partial charge in [0.1, 0.15) is 5.54 Å². The van der Waals surface area contributed by atoms with Gasteiger partial charge in [-0.15, -0.1) is 0 Å². The summed E-state index contributed by atoms with van der Waals surface area (Å²) >= 11 is 0. The van der Waals surface area contributed by atoms with E-state index in [0.717, 1.165) is 12.0 Å². The second kappa shape index (κ2) is 5.03. The number of rotatable bonds is 3. The molecule has 0 radical (unpaired) electrons. The lowest BCUT2D eigenvalue weighted by atomic mass is 9.90. The molecule has 4 heteroatoms. The Hall–Kier alpha value is -1.84. The van der Waals surface area contributed by atoms with Gasteiger partial charge in [0.05, 0.1) is 0 Å². The van der Waals surface area contributed by atoms with Gasteiger partial charge in [0.2, 0.25) is 0 Å². The Morgan fingerprint density at radius 1 is 1.26 bits per heavy atom. The number of guanidine groups is 1. The van der Waals surface area contributed by atoms with Crippen molar-refractivity contribution in [3.05, 3.63) is 34.9 Å². The Morgan fingerprint density at radius 2 is 2.00 bits per heavy atom. The number of hydrogen-bond acceptors (Lipinski definition) is 2. The molecule has 1 unspecified atom stereocenters. The first-order chi connectivity index (χ1) is 8.97. The number of hydrogen-bond donors (Lipinski definition) is 2. The van der Waals surface area contributed by atoms with Crippen LogP contribution in [0.1, 0.15) is 37.0 Å². The fourth-order valence-electron chi connectivity index (χ4n) is 2.12. The molecule has 0 aromatic heterocycles. The third-order valence-electron chi connectivity index (χ3n) is 3.63. The highest BCUT2D eigenvalue weighted by Gasteiger charge is 2.42. The first-order valence-corrected chi connectivity index (χ1v) is 6.69. The van der Waals surface area contributed by atoms with Crippen molar-refractivity contribution in [2.75, 3.05) is 6.54 Å². The maximum Gasteiger partial charge on any atom is 0.256 e. The maximum atomic E-state index is 12.2. The first-order valence-electron chi connectivity index (χ1n) is 6.69. The van der Waals surface area contributed by atoms with Crippen LogP contribution in [0, 0.1) is 13.8 Å². The summed E-state index contributed by atoms with van der Waals surface area (Å²) in [4.78, 5) is 16.5. The topological polar surface area (TPSA) is 53.5 Å². The molecule has 1 heterocycles. The van der Waals surface area contributed by atoms with E-state index in [9.17, 15) is 4.79 Å². The minimum Gasteiger partial charge on any atom is -0.338 e. The number of aliphatic imine (C=N–C) groups is 1. The highest BCUT2D eigenvalue weighted by molar-refractivity contribution is 6.09. The Balaban J connectivity index is 2.32. The average molecular weight is 259 g/mol. The van der Waals surface area contributed by atoms with Crippen LogP contribution in [0.5, 0.6) is 0 Å². The van der Waals surface area contributed by atoms with Crippen molar-refractivity contribution in [1.29, 1.82) is 0 Å². The molecule has 1 aromatic rings. The Labute approximate surface area is 114 Å². The van der Waals surface area contributed by atoms with Crippen molar-refractivity contribution in [2.24, 2.45) is 4.99 Å². The van der Waals surface area contributed by atoms with E-state index in [1.807, 2.05) is 19.1 Å². The molecule has 1 saturated heterocycles. The maximum absolute atomic E-state index is 12.2. The highest BCUT2D eigenvalue weighted by atomic mass is 16.2. The number of benzene rings is 1. The molecule has 0 spiro atoms. The summed E-state index contributed by atoms with van der Waals surface area (Å²) in [7, 11) is 0. The third-order valence-corrected chi connectivity index (χ3v) is 3.63. The van der Waals surface area contributed by atoms with E-state index in [1.54, 1.807) is 0 Å². The number of carbonyl (C=O) groups excluding carboxylic acids is 1. The van der Waals surface area contributed by atoms with Gasteiger partial charge in [-0.05, 0) is 43.9 Å². The zero-order valence-electron chi connectivity index (χ0n) is 12.0. The standard InChI is InChI=1S/C15H21N3O/c1-5-8-16-14-17-13(19)15(4,18-14)12-7-6-10(2)11(3)9-12/h6-7,9H,5,8H2,1-4H3,(H2,16,17,18,19). The fraction of sp³-hybridized carbons (Fsp3) is 0.467. The summed E-state index contributed by atoms with van der Waals surface area (Å²) < 4.78 is 0. The van der Waals surface area contributed by atoms with E-state index >= 15 is 0 Å². The molecule has 1 aliphatic rings. The van der Waals surface area contributed by atoms with Gasteiger partial charge in [0.15, 0.2) is 5.96 Å². The summed E-state index contributed by atoms with van der Waals surface area (Å²) in [5, 5.41) is 6.02. The second-order valence-electron chi connectivity index (χ2n) is 5.23. The molecule has 1 amide bonds. The van der Waals surface area contributed by atoms with Crippen LogP contribution < -0.4 is 10.6 Å². The van der Waals surface area contributed by atoms with Gasteiger partial charge in [0, 0.05) is 6.54 Å². The summed E-state index contributed by atoms with van der Waals surface area (Å²) in [6.45, 7) is 8.79. The zero-order chi connectivity index (χ0) is 14.0. The molecular formula is C15H21N3O. The molecule has 1 aliphatic heterocycles. The van der Waals surface area contributed by atoms with Crippen molar-refractivity contribution in [1.82, 2.24) is 10.6 Å². The quantitative estimate of drug-likeness (QED) is 0.872. The Morgan fingerprint density at radius 3 is 2.63 bits per heavy atom. The minimum atomic E-state index is -0.731. The van der Waals surface area contributed by atoms with Gasteiger partial charge >= 0.3 is 0 Å². The lowest BCUT2D eigenvalue weighted by Crippen LogP contribution is -2.40. The molecule has 0 bridgehead atoms. The van der Waals surface area contributed by atoms with Gasteiger partial charge in [-0.1, -0.05) is 25.1 Å². The van der Waals surface area contributed by atoms with Crippen molar-refractivity contribution in [3.63, 3.8) is 0 Å². The van der Waals surface area contributed by atoms with E-state index in [0.29, 0.717) is 12.5 Å². The molecule has 19 heavy (non-hydrogen) atoms.